The van der Waals surface area contributed by atoms with Gasteiger partial charge in [0.15, 0.2) is 0 Å². The van der Waals surface area contributed by atoms with Gasteiger partial charge >= 0.3 is 0 Å². The summed E-state index contributed by atoms with van der Waals surface area (Å²) in [5.74, 6) is -0.397. The number of hydrogen-bond acceptors (Lipinski definition) is 0. The molecule has 0 bridgehead atoms. The standard InChI is InChI=1S/C18H11BrClN.C13H10.C6H3BrClF.CH3I/c19-12-9-10-15(20)18(11-12)21-16-7-3-1-5-13(16)14-6-2-4-8-17(14)21;1-3-7-12-10(5-1)9-11-6-2-4-8-13(11)12;7-4-1-2-5(8)6(9)3-4;1-2/h1-11H;1-8H,9H2;1-3H;1H3. The van der Waals surface area contributed by atoms with E-state index in [1.807, 2.05) is 17.1 Å². The number of fused-ring (bicyclic) bond motifs is 6. The lowest BCUT2D eigenvalue weighted by atomic mass is 10.1. The summed E-state index contributed by atoms with van der Waals surface area (Å²) in [6.07, 6.45) is 1.10. The zero-order valence-corrected chi connectivity index (χ0v) is 31.0. The minimum Gasteiger partial charge on any atom is -0.308 e. The molecule has 0 spiro atoms. The summed E-state index contributed by atoms with van der Waals surface area (Å²) in [6.45, 7) is 0. The van der Waals surface area contributed by atoms with E-state index in [4.69, 9.17) is 23.2 Å². The molecule has 1 heterocycles. The first-order valence-electron chi connectivity index (χ1n) is 14.0. The molecule has 0 amide bonds. The summed E-state index contributed by atoms with van der Waals surface area (Å²) in [5.41, 5.74) is 9.07. The lowest BCUT2D eigenvalue weighted by molar-refractivity contribution is 0.627. The Bertz CT molecular complexity index is 2000. The van der Waals surface area contributed by atoms with Crippen molar-refractivity contribution in [2.75, 3.05) is 4.93 Å². The number of hydrogen-bond donors (Lipinski definition) is 0. The highest BCUT2D eigenvalue weighted by molar-refractivity contribution is 14.1. The van der Waals surface area contributed by atoms with E-state index in [0.29, 0.717) is 4.47 Å². The van der Waals surface area contributed by atoms with Crippen molar-refractivity contribution >= 4 is 99.5 Å². The van der Waals surface area contributed by atoms with Gasteiger partial charge in [-0.3, -0.25) is 0 Å². The van der Waals surface area contributed by atoms with Gasteiger partial charge in [0.1, 0.15) is 5.82 Å². The van der Waals surface area contributed by atoms with Gasteiger partial charge in [-0.1, -0.05) is 163 Å². The quantitative estimate of drug-likeness (QED) is 0.0880. The van der Waals surface area contributed by atoms with E-state index in [1.54, 1.807) is 6.07 Å². The molecular weight excluding hydrogens is 847 g/mol. The van der Waals surface area contributed by atoms with Crippen LogP contribution in [0.4, 0.5) is 4.39 Å². The van der Waals surface area contributed by atoms with Gasteiger partial charge in [-0.05, 0) is 82.1 Å². The van der Waals surface area contributed by atoms with E-state index in [9.17, 15) is 4.39 Å². The average Bonchev–Trinajstić information content (AvgIpc) is 3.62. The first kappa shape index (κ1) is 33.7. The van der Waals surface area contributed by atoms with Gasteiger partial charge in [-0.15, -0.1) is 0 Å². The Morgan fingerprint density at radius 1 is 0.578 bits per heavy atom. The maximum Gasteiger partial charge on any atom is 0.142 e. The van der Waals surface area contributed by atoms with Crippen molar-refractivity contribution in [1.29, 1.82) is 0 Å². The van der Waals surface area contributed by atoms with E-state index < -0.39 is 5.82 Å². The highest BCUT2D eigenvalue weighted by Gasteiger charge is 2.16. The Morgan fingerprint density at radius 3 is 1.53 bits per heavy atom. The molecule has 0 saturated carbocycles. The fourth-order valence-electron chi connectivity index (χ4n) is 5.39. The molecule has 0 radical (unpaired) electrons. The number of alkyl halides is 1. The second kappa shape index (κ2) is 15.7. The summed E-state index contributed by atoms with van der Waals surface area (Å²) in [7, 11) is 0. The van der Waals surface area contributed by atoms with E-state index in [1.165, 1.54) is 56.2 Å². The number of nitrogens with zero attached hydrogens (tertiary/aromatic N) is 1. The van der Waals surface area contributed by atoms with Crippen LogP contribution in [0.3, 0.4) is 0 Å². The minimum absolute atomic E-state index is 0.151. The number of aromatic nitrogens is 1. The van der Waals surface area contributed by atoms with Crippen LogP contribution in [0, 0.1) is 5.82 Å². The molecule has 45 heavy (non-hydrogen) atoms. The molecular formula is C38H27Br2Cl2FIN. The van der Waals surface area contributed by atoms with Crippen LogP contribution in [0.2, 0.25) is 10.0 Å². The fourth-order valence-corrected chi connectivity index (χ4v) is 6.39. The van der Waals surface area contributed by atoms with Crippen LogP contribution >= 0.6 is 77.7 Å². The molecule has 1 aliphatic rings. The monoisotopic (exact) mass is 871 g/mol. The van der Waals surface area contributed by atoms with E-state index >= 15 is 0 Å². The number of rotatable bonds is 1. The van der Waals surface area contributed by atoms with Crippen LogP contribution in [-0.2, 0) is 6.42 Å². The predicted molar refractivity (Wildman–Crippen MR) is 207 cm³/mol. The molecule has 0 unspecified atom stereocenters. The van der Waals surface area contributed by atoms with Gasteiger partial charge in [0, 0.05) is 19.7 Å². The van der Waals surface area contributed by atoms with E-state index in [-0.39, 0.29) is 5.02 Å². The van der Waals surface area contributed by atoms with Crippen molar-refractivity contribution < 1.29 is 4.39 Å². The molecule has 1 nitrogen and oxygen atoms in total. The largest absolute Gasteiger partial charge is 0.308 e. The van der Waals surface area contributed by atoms with E-state index in [0.717, 1.165) is 21.6 Å². The average molecular weight is 874 g/mol. The molecule has 8 rings (SSSR count). The second-order valence-corrected chi connectivity index (χ2v) is 12.7. The summed E-state index contributed by atoms with van der Waals surface area (Å²) >= 11 is 20.6. The third kappa shape index (κ3) is 7.66. The molecule has 0 N–H and O–H groups in total. The molecule has 0 saturated heterocycles. The van der Waals surface area contributed by atoms with Crippen LogP contribution in [0.15, 0.2) is 142 Å². The van der Waals surface area contributed by atoms with Gasteiger partial charge in [-0.2, -0.15) is 0 Å². The third-order valence-corrected chi connectivity index (χ3v) is 8.93. The normalized spacial score (nSPS) is 10.9. The molecule has 0 atom stereocenters. The first-order chi connectivity index (χ1) is 21.9. The van der Waals surface area contributed by atoms with Crippen LogP contribution in [0.1, 0.15) is 11.1 Å². The Kier molecular flexibility index (Phi) is 11.8. The van der Waals surface area contributed by atoms with Gasteiger partial charge in [-0.25, -0.2) is 4.39 Å². The first-order valence-corrected chi connectivity index (χ1v) is 18.5. The Hall–Kier alpha value is -2.68. The Balaban J connectivity index is 0.000000142. The molecule has 0 aliphatic heterocycles. The summed E-state index contributed by atoms with van der Waals surface area (Å²) in [5, 5.41) is 3.37. The zero-order chi connectivity index (χ0) is 31.9. The van der Waals surface area contributed by atoms with Crippen molar-refractivity contribution in [3.8, 4) is 16.8 Å². The number of benzene rings is 6. The molecule has 1 aliphatic carbocycles. The molecule has 226 valence electrons. The van der Waals surface area contributed by atoms with Crippen molar-refractivity contribution in [2.24, 2.45) is 0 Å². The van der Waals surface area contributed by atoms with Crippen molar-refractivity contribution in [3.63, 3.8) is 0 Å². The minimum atomic E-state index is -0.397. The highest BCUT2D eigenvalue weighted by atomic mass is 127. The number of halogens is 6. The topological polar surface area (TPSA) is 4.93 Å². The van der Waals surface area contributed by atoms with Gasteiger partial charge < -0.3 is 4.57 Å². The highest BCUT2D eigenvalue weighted by Crippen LogP contribution is 2.36. The van der Waals surface area contributed by atoms with Gasteiger partial charge in [0.05, 0.1) is 26.8 Å². The Labute approximate surface area is 303 Å². The molecule has 7 aromatic rings. The lowest BCUT2D eigenvalue weighted by Crippen LogP contribution is -1.94. The zero-order valence-electron chi connectivity index (χ0n) is 24.1. The van der Waals surface area contributed by atoms with E-state index in [2.05, 4.69) is 162 Å². The summed E-state index contributed by atoms with van der Waals surface area (Å²) in [4.78, 5) is 1.97. The van der Waals surface area contributed by atoms with Crippen molar-refractivity contribution in [2.45, 2.75) is 6.42 Å². The number of para-hydroxylation sites is 2. The lowest BCUT2D eigenvalue weighted by Gasteiger charge is -2.10. The molecule has 0 fully saturated rings. The summed E-state index contributed by atoms with van der Waals surface area (Å²) in [6, 6.07) is 44.6. The molecule has 1 aromatic heterocycles. The van der Waals surface area contributed by atoms with Crippen molar-refractivity contribution in [3.05, 3.63) is 169 Å². The smallest absolute Gasteiger partial charge is 0.142 e. The SMILES string of the molecule is CI.Clc1ccc(Br)cc1-n1c2ccccc2c2ccccc21.Fc1cc(Br)ccc1Cl.c1ccc2c(c1)Cc1ccccc1-2. The summed E-state index contributed by atoms with van der Waals surface area (Å²) < 4.78 is 16.4. The Morgan fingerprint density at radius 2 is 1.02 bits per heavy atom. The van der Waals surface area contributed by atoms with Gasteiger partial charge in [0.2, 0.25) is 0 Å². The van der Waals surface area contributed by atoms with Crippen molar-refractivity contribution in [1.82, 2.24) is 4.57 Å². The third-order valence-electron chi connectivity index (χ3n) is 7.32. The van der Waals surface area contributed by atoms with Crippen LogP contribution in [0.5, 0.6) is 0 Å². The predicted octanol–water partition coefficient (Wildman–Crippen LogP) is 13.8. The van der Waals surface area contributed by atoms with Crippen LogP contribution in [0.25, 0.3) is 38.6 Å². The molecule has 6 aromatic carbocycles. The maximum absolute atomic E-state index is 12.4. The maximum atomic E-state index is 12.4. The molecule has 7 heteroatoms. The second-order valence-electron chi connectivity index (χ2n) is 10.0. The fraction of sp³-hybridized carbons (Fsp3) is 0.0526. The van der Waals surface area contributed by atoms with Crippen LogP contribution in [-0.4, -0.2) is 9.50 Å². The van der Waals surface area contributed by atoms with Crippen LogP contribution < -0.4 is 0 Å². The van der Waals surface area contributed by atoms with Gasteiger partial charge in [0.25, 0.3) is 0 Å².